The van der Waals surface area contributed by atoms with Crippen molar-refractivity contribution in [2.75, 3.05) is 33.4 Å². The molecule has 3 aliphatic rings. The second-order valence-corrected chi connectivity index (χ2v) is 11.3. The first-order chi connectivity index (χ1) is 19.0. The molecule has 5 rings (SSSR count). The molecule has 0 unspecified atom stereocenters. The summed E-state index contributed by atoms with van der Waals surface area (Å²) in [5.41, 5.74) is 1.47. The number of carbonyl (C=O) groups is 2. The van der Waals surface area contributed by atoms with Crippen LogP contribution >= 0.6 is 0 Å². The topological polar surface area (TPSA) is 85.3 Å². The minimum absolute atomic E-state index is 0.117. The molecule has 2 aliphatic heterocycles. The minimum Gasteiger partial charge on any atom is -0.497 e. The van der Waals surface area contributed by atoms with E-state index in [2.05, 4.69) is 4.90 Å². The zero-order valence-electron chi connectivity index (χ0n) is 23.0. The highest BCUT2D eigenvalue weighted by Gasteiger charge is 2.39. The van der Waals surface area contributed by atoms with Crippen molar-refractivity contribution in [3.63, 3.8) is 0 Å². The molecule has 2 heterocycles. The van der Waals surface area contributed by atoms with Crippen molar-refractivity contribution >= 4 is 11.6 Å². The Morgan fingerprint density at radius 1 is 1.00 bits per heavy atom. The van der Waals surface area contributed by atoms with Gasteiger partial charge in [0.15, 0.2) is 17.3 Å². The van der Waals surface area contributed by atoms with Crippen molar-refractivity contribution in [1.82, 2.24) is 4.90 Å². The second-order valence-electron chi connectivity index (χ2n) is 11.3. The van der Waals surface area contributed by atoms with E-state index in [9.17, 15) is 14.7 Å². The SMILES string of the molecule is COc1ccc(C(=O)CCCCCC(=O)C[C@H](CN2C[C@@H]3CC[C@H]2C3)[C@H](O)c2ccc3c(c2)OCCO3)cc1. The molecule has 7 heteroatoms. The van der Waals surface area contributed by atoms with E-state index in [0.29, 0.717) is 55.6 Å². The van der Waals surface area contributed by atoms with Gasteiger partial charge < -0.3 is 19.3 Å². The van der Waals surface area contributed by atoms with E-state index in [0.717, 1.165) is 49.6 Å². The van der Waals surface area contributed by atoms with Crippen LogP contribution in [0.2, 0.25) is 0 Å². The third kappa shape index (κ3) is 7.00. The molecule has 0 radical (unpaired) electrons. The van der Waals surface area contributed by atoms with Gasteiger partial charge in [0.05, 0.1) is 13.2 Å². The van der Waals surface area contributed by atoms with Gasteiger partial charge in [0.2, 0.25) is 0 Å². The fourth-order valence-electron chi connectivity index (χ4n) is 6.44. The number of methoxy groups -OCH3 is 1. The molecule has 210 valence electrons. The summed E-state index contributed by atoms with van der Waals surface area (Å²) in [5, 5.41) is 11.5. The van der Waals surface area contributed by atoms with E-state index < -0.39 is 6.10 Å². The molecule has 2 aromatic carbocycles. The molecular formula is C32H41NO6. The number of rotatable bonds is 14. The molecule has 1 aliphatic carbocycles. The lowest BCUT2D eigenvalue weighted by Crippen LogP contribution is -2.38. The van der Waals surface area contributed by atoms with Gasteiger partial charge in [-0.3, -0.25) is 14.5 Å². The highest BCUT2D eigenvalue weighted by Crippen LogP contribution is 2.40. The Hall–Kier alpha value is -2.90. The number of aliphatic hydroxyl groups excluding tert-OH is 1. The predicted octanol–water partition coefficient (Wildman–Crippen LogP) is 5.39. The molecule has 2 fully saturated rings. The van der Waals surface area contributed by atoms with Gasteiger partial charge >= 0.3 is 0 Å². The first-order valence-electron chi connectivity index (χ1n) is 14.5. The lowest BCUT2D eigenvalue weighted by Gasteiger charge is -2.33. The van der Waals surface area contributed by atoms with E-state index >= 15 is 0 Å². The Kier molecular flexibility index (Phi) is 9.20. The number of fused-ring (bicyclic) bond motifs is 3. The van der Waals surface area contributed by atoms with Crippen molar-refractivity contribution in [3.05, 3.63) is 53.6 Å². The summed E-state index contributed by atoms with van der Waals surface area (Å²) < 4.78 is 16.5. The summed E-state index contributed by atoms with van der Waals surface area (Å²) in [6.07, 6.45) is 6.69. The largest absolute Gasteiger partial charge is 0.497 e. The van der Waals surface area contributed by atoms with Crippen LogP contribution in [-0.4, -0.2) is 61.0 Å². The molecular weight excluding hydrogens is 494 g/mol. The number of piperidine rings is 1. The maximum absolute atomic E-state index is 13.1. The molecule has 0 amide bonds. The van der Waals surface area contributed by atoms with Gasteiger partial charge in [-0.05, 0) is 80.0 Å². The van der Waals surface area contributed by atoms with E-state index in [1.165, 1.54) is 19.3 Å². The molecule has 0 spiro atoms. The van der Waals surface area contributed by atoms with Crippen molar-refractivity contribution in [3.8, 4) is 17.2 Å². The highest BCUT2D eigenvalue weighted by atomic mass is 16.6. The lowest BCUT2D eigenvalue weighted by atomic mass is 9.88. The quantitative estimate of drug-likeness (QED) is 0.256. The van der Waals surface area contributed by atoms with Gasteiger partial charge in [0.1, 0.15) is 24.7 Å². The number of aliphatic hydroxyl groups is 1. The standard InChI is InChI=1S/C32H41NO6/c1-37-28-12-8-23(9-13-28)29(35)6-4-2-3-5-27(34)18-25(21-33-20-22-7-11-26(33)17-22)32(36)24-10-14-30-31(19-24)39-16-15-38-30/h8-10,12-14,19,22,25-26,32,36H,2-7,11,15-18,20-21H2,1H3/t22-,25-,26+,32-/m1/s1. The van der Waals surface area contributed by atoms with E-state index in [1.54, 1.807) is 31.4 Å². The Balaban J connectivity index is 1.13. The van der Waals surface area contributed by atoms with Crippen LogP contribution < -0.4 is 14.2 Å². The van der Waals surface area contributed by atoms with Gasteiger partial charge in [-0.15, -0.1) is 0 Å². The maximum atomic E-state index is 13.1. The number of Topliss-reactive ketones (excluding diaryl/α,β-unsaturated/α-hetero) is 2. The number of ketones is 2. The summed E-state index contributed by atoms with van der Waals surface area (Å²) in [6, 6.07) is 13.4. The first-order valence-corrected chi connectivity index (χ1v) is 14.5. The second kappa shape index (κ2) is 13.0. The van der Waals surface area contributed by atoms with Crippen LogP contribution in [0.3, 0.4) is 0 Å². The fourth-order valence-corrected chi connectivity index (χ4v) is 6.44. The fraction of sp³-hybridized carbons (Fsp3) is 0.562. The van der Waals surface area contributed by atoms with Crippen LogP contribution in [0.15, 0.2) is 42.5 Å². The molecule has 1 saturated heterocycles. The van der Waals surface area contributed by atoms with E-state index in [4.69, 9.17) is 14.2 Å². The van der Waals surface area contributed by atoms with E-state index in [-0.39, 0.29) is 17.5 Å². The molecule has 2 bridgehead atoms. The predicted molar refractivity (Wildman–Crippen MR) is 149 cm³/mol. The summed E-state index contributed by atoms with van der Waals surface area (Å²) in [6.45, 7) is 2.83. The molecule has 0 aromatic heterocycles. The number of hydrogen-bond acceptors (Lipinski definition) is 7. The van der Waals surface area contributed by atoms with Gasteiger partial charge in [0.25, 0.3) is 0 Å². The van der Waals surface area contributed by atoms with Crippen LogP contribution in [0.5, 0.6) is 17.2 Å². The first kappa shape index (κ1) is 27.7. The van der Waals surface area contributed by atoms with Gasteiger partial charge in [-0.2, -0.15) is 0 Å². The smallest absolute Gasteiger partial charge is 0.162 e. The van der Waals surface area contributed by atoms with Crippen LogP contribution in [-0.2, 0) is 4.79 Å². The minimum atomic E-state index is -0.744. The van der Waals surface area contributed by atoms with Crippen molar-refractivity contribution in [2.45, 2.75) is 69.9 Å². The molecule has 7 nitrogen and oxygen atoms in total. The lowest BCUT2D eigenvalue weighted by molar-refractivity contribution is -0.121. The van der Waals surface area contributed by atoms with Crippen LogP contribution in [0.1, 0.15) is 79.8 Å². The zero-order chi connectivity index (χ0) is 27.2. The Bertz CT molecular complexity index is 1130. The average molecular weight is 536 g/mol. The van der Waals surface area contributed by atoms with Crippen molar-refractivity contribution in [2.24, 2.45) is 11.8 Å². The Labute approximate surface area is 231 Å². The molecule has 1 N–H and O–H groups in total. The van der Waals surface area contributed by atoms with Gasteiger partial charge in [0, 0.05) is 49.9 Å². The molecule has 1 saturated carbocycles. The molecule has 4 atom stereocenters. The van der Waals surface area contributed by atoms with Crippen LogP contribution in [0.4, 0.5) is 0 Å². The summed E-state index contributed by atoms with van der Waals surface area (Å²) in [4.78, 5) is 28.0. The number of likely N-dealkylation sites (tertiary alicyclic amines) is 1. The third-order valence-corrected chi connectivity index (χ3v) is 8.61. The number of ether oxygens (including phenoxy) is 3. The average Bonchev–Trinajstić information content (AvgIpc) is 3.59. The third-order valence-electron chi connectivity index (χ3n) is 8.61. The zero-order valence-corrected chi connectivity index (χ0v) is 23.0. The Morgan fingerprint density at radius 2 is 1.77 bits per heavy atom. The van der Waals surface area contributed by atoms with E-state index in [1.807, 2.05) is 18.2 Å². The summed E-state index contributed by atoms with van der Waals surface area (Å²) in [5.74, 6) is 2.99. The number of nitrogens with zero attached hydrogens (tertiary/aromatic N) is 1. The maximum Gasteiger partial charge on any atom is 0.162 e. The van der Waals surface area contributed by atoms with Crippen LogP contribution in [0, 0.1) is 11.8 Å². The van der Waals surface area contributed by atoms with Crippen molar-refractivity contribution < 1.29 is 28.9 Å². The number of unbranched alkanes of at least 4 members (excludes halogenated alkanes) is 2. The van der Waals surface area contributed by atoms with Gasteiger partial charge in [-0.1, -0.05) is 12.5 Å². The van der Waals surface area contributed by atoms with Crippen LogP contribution in [0.25, 0.3) is 0 Å². The number of carbonyl (C=O) groups excluding carboxylic acids is 2. The van der Waals surface area contributed by atoms with Crippen molar-refractivity contribution in [1.29, 1.82) is 0 Å². The normalized spacial score (nSPS) is 21.5. The summed E-state index contributed by atoms with van der Waals surface area (Å²) >= 11 is 0. The summed E-state index contributed by atoms with van der Waals surface area (Å²) in [7, 11) is 1.61. The molecule has 2 aromatic rings. The highest BCUT2D eigenvalue weighted by molar-refractivity contribution is 5.96. The Morgan fingerprint density at radius 3 is 2.49 bits per heavy atom. The number of benzene rings is 2. The molecule has 39 heavy (non-hydrogen) atoms. The number of hydrogen-bond donors (Lipinski definition) is 1. The monoisotopic (exact) mass is 535 g/mol. The van der Waals surface area contributed by atoms with Gasteiger partial charge in [-0.25, -0.2) is 0 Å².